The fourth-order valence-corrected chi connectivity index (χ4v) is 3.27. The van der Waals surface area contributed by atoms with Gasteiger partial charge in [0.15, 0.2) is 0 Å². The average Bonchev–Trinajstić information content (AvgIpc) is 3.11. The summed E-state index contributed by atoms with van der Waals surface area (Å²) in [6.45, 7) is -0.0280. The van der Waals surface area contributed by atoms with Crippen LogP contribution in [0.15, 0.2) is 57.8 Å². The van der Waals surface area contributed by atoms with Gasteiger partial charge in [-0.15, -0.1) is 5.06 Å². The number of azo groups is 1. The van der Waals surface area contributed by atoms with Gasteiger partial charge in [0.2, 0.25) is 0 Å². The van der Waals surface area contributed by atoms with E-state index >= 15 is 0 Å². The molecule has 2 aromatic rings. The molecule has 12 nitrogen and oxygen atoms in total. The molecule has 0 bridgehead atoms. The van der Waals surface area contributed by atoms with E-state index in [1.54, 1.807) is 42.5 Å². The number of rotatable bonds is 8. The van der Waals surface area contributed by atoms with E-state index in [2.05, 4.69) is 25.6 Å². The summed E-state index contributed by atoms with van der Waals surface area (Å²) in [5.74, 6) is -2.33. The summed E-state index contributed by atoms with van der Waals surface area (Å²) in [5.41, 5.74) is 10.4. The molecule has 1 aliphatic rings. The fourth-order valence-electron chi connectivity index (χ4n) is 2.67. The molecule has 1 saturated heterocycles. The molecule has 0 aliphatic carbocycles. The lowest BCUT2D eigenvalue weighted by atomic mass is 10.2. The molecule has 0 unspecified atom stereocenters. The van der Waals surface area contributed by atoms with Gasteiger partial charge in [0.05, 0.1) is 23.5 Å². The van der Waals surface area contributed by atoms with Crippen LogP contribution in [0.25, 0.3) is 10.4 Å². The number of hydrogen-bond acceptors (Lipinski definition) is 8. The van der Waals surface area contributed by atoms with Crippen LogP contribution >= 0.6 is 22.6 Å². The molecule has 168 valence electrons. The van der Waals surface area contributed by atoms with Crippen molar-refractivity contribution in [3.8, 4) is 0 Å². The Hall–Kier alpha value is -3.84. The van der Waals surface area contributed by atoms with Crippen molar-refractivity contribution in [1.29, 1.82) is 0 Å². The smallest absolute Gasteiger partial charge is 0.334 e. The van der Waals surface area contributed by atoms with Crippen molar-refractivity contribution in [1.82, 2.24) is 10.4 Å². The van der Waals surface area contributed by atoms with Crippen molar-refractivity contribution in [3.63, 3.8) is 0 Å². The summed E-state index contributed by atoms with van der Waals surface area (Å²) >= 11 is 2.03. The van der Waals surface area contributed by atoms with E-state index in [0.29, 0.717) is 27.7 Å². The number of nitrogens with one attached hydrogen (secondary N) is 1. The van der Waals surface area contributed by atoms with E-state index in [4.69, 9.17) is 10.4 Å². The lowest BCUT2D eigenvalue weighted by molar-refractivity contribution is -0.197. The van der Waals surface area contributed by atoms with Crippen LogP contribution in [-0.4, -0.2) is 35.3 Å². The molecule has 0 radical (unpaired) electrons. The van der Waals surface area contributed by atoms with E-state index in [9.17, 15) is 19.2 Å². The Morgan fingerprint density at radius 1 is 1.06 bits per heavy atom. The zero-order chi connectivity index (χ0) is 23.8. The normalized spacial score (nSPS) is 13.2. The predicted molar refractivity (Wildman–Crippen MR) is 123 cm³/mol. The third-order valence-electron chi connectivity index (χ3n) is 4.31. The maximum atomic E-state index is 12.2. The summed E-state index contributed by atoms with van der Waals surface area (Å²) in [5, 5.41) is 14.8. The van der Waals surface area contributed by atoms with Crippen molar-refractivity contribution in [2.75, 3.05) is 6.54 Å². The minimum atomic E-state index is -0.795. The second-order valence-electron chi connectivity index (χ2n) is 6.62. The number of imide groups is 1. The van der Waals surface area contributed by atoms with Gasteiger partial charge >= 0.3 is 5.97 Å². The van der Waals surface area contributed by atoms with Crippen LogP contribution in [0.2, 0.25) is 0 Å². The minimum Gasteiger partial charge on any atom is -0.351 e. The molecule has 1 heterocycles. The third kappa shape index (κ3) is 6.57. The van der Waals surface area contributed by atoms with Gasteiger partial charge in [0, 0.05) is 33.4 Å². The van der Waals surface area contributed by atoms with Gasteiger partial charge in [-0.3, -0.25) is 14.4 Å². The zero-order valence-electron chi connectivity index (χ0n) is 17.0. The van der Waals surface area contributed by atoms with Crippen molar-refractivity contribution >= 4 is 63.3 Å². The highest BCUT2D eigenvalue weighted by Crippen LogP contribution is 2.27. The number of nitrogens with zero attached hydrogens (tertiary/aromatic N) is 6. The highest BCUT2D eigenvalue weighted by Gasteiger charge is 2.32. The molecule has 2 aromatic carbocycles. The predicted octanol–water partition coefficient (Wildman–Crippen LogP) is 4.38. The van der Waals surface area contributed by atoms with Crippen molar-refractivity contribution in [3.05, 3.63) is 62.0 Å². The van der Waals surface area contributed by atoms with Gasteiger partial charge in [0.1, 0.15) is 0 Å². The lowest BCUT2D eigenvalue weighted by Gasteiger charge is -2.12. The van der Waals surface area contributed by atoms with Crippen LogP contribution in [-0.2, 0) is 19.2 Å². The highest BCUT2D eigenvalue weighted by molar-refractivity contribution is 14.1. The van der Waals surface area contributed by atoms with Crippen LogP contribution in [0.3, 0.4) is 0 Å². The first kappa shape index (κ1) is 23.8. The quantitative estimate of drug-likeness (QED) is 0.166. The highest BCUT2D eigenvalue weighted by atomic mass is 127. The monoisotopic (exact) mass is 561 g/mol. The van der Waals surface area contributed by atoms with Crippen LogP contribution in [0.5, 0.6) is 0 Å². The number of halogens is 1. The Kier molecular flexibility index (Phi) is 8.05. The van der Waals surface area contributed by atoms with E-state index in [1.165, 1.54) is 0 Å². The Balaban J connectivity index is 1.48. The van der Waals surface area contributed by atoms with Crippen LogP contribution in [0.4, 0.5) is 17.1 Å². The second kappa shape index (κ2) is 11.2. The van der Waals surface area contributed by atoms with Gasteiger partial charge in [-0.2, -0.15) is 10.2 Å². The molecule has 1 aliphatic heterocycles. The second-order valence-corrected chi connectivity index (χ2v) is 7.79. The molecular formula is C20H16IN7O5. The van der Waals surface area contributed by atoms with Crippen molar-refractivity contribution in [2.45, 2.75) is 19.3 Å². The number of hydrogen-bond donors (Lipinski definition) is 1. The Bertz CT molecular complexity index is 1160. The maximum absolute atomic E-state index is 12.2. The molecule has 1 fully saturated rings. The number of hydroxylamine groups is 2. The van der Waals surface area contributed by atoms with Gasteiger partial charge in [-0.25, -0.2) is 4.79 Å². The molecule has 0 aromatic heterocycles. The summed E-state index contributed by atoms with van der Waals surface area (Å²) in [4.78, 5) is 54.3. The van der Waals surface area contributed by atoms with E-state index < -0.39 is 23.7 Å². The summed E-state index contributed by atoms with van der Waals surface area (Å²) in [6, 6.07) is 11.3. The molecule has 1 N–H and O–H groups in total. The van der Waals surface area contributed by atoms with E-state index in [0.717, 1.165) is 3.57 Å². The fraction of sp³-hybridized carbons (Fsp3) is 0.200. The molecule has 33 heavy (non-hydrogen) atoms. The number of azide groups is 1. The van der Waals surface area contributed by atoms with Gasteiger partial charge in [0.25, 0.3) is 17.7 Å². The SMILES string of the molecule is [N-]=[N+]=Nc1ccc(N=Nc2ccc(C(=O)NCCC(=O)ON3C(=O)CCC3=O)cc2)cc1I. The van der Waals surface area contributed by atoms with Crippen molar-refractivity contribution < 1.29 is 24.0 Å². The Morgan fingerprint density at radius 2 is 1.70 bits per heavy atom. The molecule has 0 atom stereocenters. The Labute approximate surface area is 200 Å². The molecule has 0 saturated carbocycles. The number of carbonyl (C=O) groups excluding carboxylic acids is 4. The van der Waals surface area contributed by atoms with Crippen LogP contribution < -0.4 is 5.32 Å². The van der Waals surface area contributed by atoms with Gasteiger partial charge < -0.3 is 10.2 Å². The standard InChI is InChI=1S/C20H16IN7O5/c21-15-11-14(5-6-16(15)26-27-22)25-24-13-3-1-12(2-4-13)20(32)23-10-9-19(31)33-28-17(29)7-8-18(28)30/h1-6,11H,7-10H2,(H,23,32). The number of benzene rings is 2. The zero-order valence-corrected chi connectivity index (χ0v) is 19.1. The first-order valence-electron chi connectivity index (χ1n) is 9.58. The first-order chi connectivity index (χ1) is 15.9. The van der Waals surface area contributed by atoms with E-state index in [-0.39, 0.29) is 25.8 Å². The largest absolute Gasteiger partial charge is 0.351 e. The van der Waals surface area contributed by atoms with Crippen LogP contribution in [0.1, 0.15) is 29.6 Å². The van der Waals surface area contributed by atoms with Crippen molar-refractivity contribution in [2.24, 2.45) is 15.3 Å². The van der Waals surface area contributed by atoms with Gasteiger partial charge in [-0.05, 0) is 70.6 Å². The number of amides is 3. The van der Waals surface area contributed by atoms with Crippen LogP contribution in [0, 0.1) is 3.57 Å². The van der Waals surface area contributed by atoms with E-state index in [1.807, 2.05) is 22.6 Å². The summed E-state index contributed by atoms with van der Waals surface area (Å²) < 4.78 is 0.733. The summed E-state index contributed by atoms with van der Waals surface area (Å²) in [6.07, 6.45) is -0.171. The summed E-state index contributed by atoms with van der Waals surface area (Å²) in [7, 11) is 0. The molecule has 3 rings (SSSR count). The number of carbonyl (C=O) groups is 4. The molecule has 13 heteroatoms. The lowest BCUT2D eigenvalue weighted by Crippen LogP contribution is -2.33. The molecule has 0 spiro atoms. The first-order valence-corrected chi connectivity index (χ1v) is 10.7. The Morgan fingerprint density at radius 3 is 2.33 bits per heavy atom. The van der Waals surface area contributed by atoms with Gasteiger partial charge in [-0.1, -0.05) is 5.11 Å². The third-order valence-corrected chi connectivity index (χ3v) is 5.17. The maximum Gasteiger partial charge on any atom is 0.334 e. The molecular weight excluding hydrogens is 545 g/mol. The average molecular weight is 561 g/mol. The minimum absolute atomic E-state index is 0.0153. The molecule has 3 amide bonds. The topological polar surface area (TPSA) is 166 Å².